The zero-order chi connectivity index (χ0) is 21.5. The molecule has 1 atom stereocenters. The lowest BCUT2D eigenvalue weighted by atomic mass is 9.79. The van der Waals surface area contributed by atoms with Crippen LogP contribution in [-0.4, -0.2) is 23.2 Å². The van der Waals surface area contributed by atoms with E-state index >= 15 is 0 Å². The summed E-state index contributed by atoms with van der Waals surface area (Å²) < 4.78 is 1.00. The number of rotatable bonds is 3. The molecule has 2 aliphatic rings. The Labute approximate surface area is 191 Å². The van der Waals surface area contributed by atoms with Gasteiger partial charge in [-0.2, -0.15) is 0 Å². The van der Waals surface area contributed by atoms with Crippen LogP contribution in [0, 0.1) is 0 Å². The van der Waals surface area contributed by atoms with Crippen LogP contribution in [0.1, 0.15) is 51.2 Å². The van der Waals surface area contributed by atoms with Crippen molar-refractivity contribution in [3.8, 4) is 0 Å². The number of halogens is 1. The lowest BCUT2D eigenvalue weighted by Gasteiger charge is -2.47. The van der Waals surface area contributed by atoms with E-state index in [4.69, 9.17) is 0 Å². The maximum Gasteiger partial charge on any atom is 0.264 e. The minimum Gasteiger partial charge on any atom is -0.366 e. The van der Waals surface area contributed by atoms with E-state index in [1.54, 1.807) is 0 Å². The van der Waals surface area contributed by atoms with E-state index in [2.05, 4.69) is 77.0 Å². The number of carbonyl (C=O) groups is 1. The van der Waals surface area contributed by atoms with E-state index in [-0.39, 0.29) is 11.4 Å². The molecule has 0 bridgehead atoms. The molecule has 1 amide bonds. The number of nitrogens with zero attached hydrogens (tertiary/aromatic N) is 2. The van der Waals surface area contributed by atoms with Crippen molar-refractivity contribution in [2.24, 2.45) is 4.99 Å². The standard InChI is InChI=1S/C24H26BrN3OS/c1-5-28-20-11-6-16(12-19(20)15(2)14-24(28,3)4)13-21-22(29)27-23(30-21)26-18-9-7-17(25)8-10-18/h6-13,15H,5,14H2,1-4H3,(H,26,27,29)/b21-13+. The molecule has 1 unspecified atom stereocenters. The fraction of sp³-hybridized carbons (Fsp3) is 0.333. The summed E-state index contributed by atoms with van der Waals surface area (Å²) in [6, 6.07) is 14.3. The van der Waals surface area contributed by atoms with Crippen LogP contribution in [0.2, 0.25) is 0 Å². The van der Waals surface area contributed by atoms with Gasteiger partial charge in [0.15, 0.2) is 5.17 Å². The number of fused-ring (bicyclic) bond motifs is 1. The maximum absolute atomic E-state index is 12.5. The smallest absolute Gasteiger partial charge is 0.264 e. The van der Waals surface area contributed by atoms with Crippen LogP contribution >= 0.6 is 27.7 Å². The molecule has 1 N–H and O–H groups in total. The van der Waals surface area contributed by atoms with Gasteiger partial charge >= 0.3 is 0 Å². The van der Waals surface area contributed by atoms with E-state index in [1.807, 2.05) is 30.3 Å². The number of nitrogens with one attached hydrogen (secondary N) is 1. The highest BCUT2D eigenvalue weighted by atomic mass is 79.9. The summed E-state index contributed by atoms with van der Waals surface area (Å²) in [6.07, 6.45) is 3.08. The Balaban J connectivity index is 1.60. The topological polar surface area (TPSA) is 44.7 Å². The van der Waals surface area contributed by atoms with Crippen molar-refractivity contribution in [1.82, 2.24) is 5.32 Å². The molecule has 6 heteroatoms. The molecule has 1 fully saturated rings. The van der Waals surface area contributed by atoms with Crippen LogP contribution in [0.4, 0.5) is 11.4 Å². The number of anilines is 1. The van der Waals surface area contributed by atoms with Gasteiger partial charge in [-0.25, -0.2) is 4.99 Å². The lowest BCUT2D eigenvalue weighted by molar-refractivity contribution is -0.115. The first-order valence-electron chi connectivity index (χ1n) is 10.2. The van der Waals surface area contributed by atoms with E-state index in [0.29, 0.717) is 16.0 Å². The van der Waals surface area contributed by atoms with Gasteiger partial charge < -0.3 is 10.2 Å². The summed E-state index contributed by atoms with van der Waals surface area (Å²) in [6.45, 7) is 10.1. The third-order valence-corrected chi connectivity index (χ3v) is 7.17. The largest absolute Gasteiger partial charge is 0.366 e. The molecule has 2 heterocycles. The molecule has 156 valence electrons. The minimum atomic E-state index is -0.0991. The van der Waals surface area contributed by atoms with Gasteiger partial charge in [0.05, 0.1) is 10.6 Å². The van der Waals surface area contributed by atoms with Gasteiger partial charge in [0.1, 0.15) is 0 Å². The molecular formula is C24H26BrN3OS. The average molecular weight is 484 g/mol. The Morgan fingerprint density at radius 3 is 2.70 bits per heavy atom. The molecule has 2 aliphatic heterocycles. The number of thioether (sulfide) groups is 1. The number of benzene rings is 2. The third kappa shape index (κ3) is 4.21. The molecule has 4 nitrogen and oxygen atoms in total. The number of carbonyl (C=O) groups excluding carboxylic acids is 1. The van der Waals surface area contributed by atoms with E-state index < -0.39 is 0 Å². The summed E-state index contributed by atoms with van der Waals surface area (Å²) in [7, 11) is 0. The zero-order valence-corrected chi connectivity index (χ0v) is 20.1. The van der Waals surface area contributed by atoms with Crippen molar-refractivity contribution in [3.63, 3.8) is 0 Å². The lowest BCUT2D eigenvalue weighted by Crippen LogP contribution is -2.48. The van der Waals surface area contributed by atoms with Crippen molar-refractivity contribution < 1.29 is 4.79 Å². The second-order valence-electron chi connectivity index (χ2n) is 8.44. The summed E-state index contributed by atoms with van der Waals surface area (Å²) >= 11 is 4.81. The van der Waals surface area contributed by atoms with Crippen molar-refractivity contribution in [1.29, 1.82) is 0 Å². The molecule has 0 aliphatic carbocycles. The second kappa shape index (κ2) is 8.23. The van der Waals surface area contributed by atoms with Gasteiger partial charge in [0, 0.05) is 22.2 Å². The highest BCUT2D eigenvalue weighted by Crippen LogP contribution is 2.43. The monoisotopic (exact) mass is 483 g/mol. The summed E-state index contributed by atoms with van der Waals surface area (Å²) in [5.74, 6) is 0.383. The van der Waals surface area contributed by atoms with Crippen molar-refractivity contribution in [2.45, 2.75) is 45.6 Å². The average Bonchev–Trinajstić information content (AvgIpc) is 3.02. The number of hydrogen-bond acceptors (Lipinski definition) is 4. The summed E-state index contributed by atoms with van der Waals surface area (Å²) in [5.41, 5.74) is 4.69. The first-order valence-corrected chi connectivity index (χ1v) is 11.8. The van der Waals surface area contributed by atoms with Gasteiger partial charge in [-0.05, 0) is 98.5 Å². The van der Waals surface area contributed by atoms with Crippen LogP contribution in [-0.2, 0) is 4.79 Å². The van der Waals surface area contributed by atoms with Gasteiger partial charge in [0.25, 0.3) is 5.91 Å². The summed E-state index contributed by atoms with van der Waals surface area (Å²) in [5, 5.41) is 3.48. The normalized spacial score (nSPS) is 23.0. The highest BCUT2D eigenvalue weighted by Gasteiger charge is 2.35. The predicted octanol–water partition coefficient (Wildman–Crippen LogP) is 6.45. The van der Waals surface area contributed by atoms with Crippen LogP contribution < -0.4 is 10.2 Å². The fourth-order valence-corrected chi connectivity index (χ4v) is 5.57. The van der Waals surface area contributed by atoms with Crippen LogP contribution in [0.25, 0.3) is 6.08 Å². The molecule has 4 rings (SSSR count). The van der Waals surface area contributed by atoms with Crippen molar-refractivity contribution >= 4 is 56.2 Å². The Bertz CT molecular complexity index is 1040. The van der Waals surface area contributed by atoms with E-state index in [1.165, 1.54) is 23.0 Å². The maximum atomic E-state index is 12.5. The first kappa shape index (κ1) is 21.2. The van der Waals surface area contributed by atoms with Gasteiger partial charge in [0.2, 0.25) is 0 Å². The van der Waals surface area contributed by atoms with Crippen LogP contribution in [0.5, 0.6) is 0 Å². The van der Waals surface area contributed by atoms with Gasteiger partial charge in [-0.15, -0.1) is 0 Å². The number of aliphatic imine (C=N–C) groups is 1. The second-order valence-corrected chi connectivity index (χ2v) is 10.4. The molecule has 0 aromatic heterocycles. The Hall–Kier alpha value is -2.05. The van der Waals surface area contributed by atoms with E-state index in [9.17, 15) is 4.79 Å². The van der Waals surface area contributed by atoms with Gasteiger partial charge in [-0.1, -0.05) is 28.9 Å². The molecule has 30 heavy (non-hydrogen) atoms. The molecule has 1 saturated heterocycles. The number of amidine groups is 1. The molecular weight excluding hydrogens is 458 g/mol. The van der Waals surface area contributed by atoms with Gasteiger partial charge in [-0.3, -0.25) is 4.79 Å². The number of amides is 1. The molecule has 0 radical (unpaired) electrons. The number of hydrogen-bond donors (Lipinski definition) is 1. The third-order valence-electron chi connectivity index (χ3n) is 5.73. The predicted molar refractivity (Wildman–Crippen MR) is 132 cm³/mol. The molecule has 0 spiro atoms. The molecule has 2 aromatic carbocycles. The minimum absolute atomic E-state index is 0.0991. The van der Waals surface area contributed by atoms with E-state index in [0.717, 1.165) is 28.7 Å². The van der Waals surface area contributed by atoms with Crippen LogP contribution in [0.3, 0.4) is 0 Å². The Morgan fingerprint density at radius 2 is 2.00 bits per heavy atom. The SMILES string of the molecule is CCN1c2ccc(/C=C3/SC(=Nc4ccc(Br)cc4)NC3=O)cc2C(C)CC1(C)C. The molecule has 2 aromatic rings. The van der Waals surface area contributed by atoms with Crippen molar-refractivity contribution in [3.05, 3.63) is 63.0 Å². The fourth-order valence-electron chi connectivity index (χ4n) is 4.46. The Morgan fingerprint density at radius 1 is 1.27 bits per heavy atom. The quantitative estimate of drug-likeness (QED) is 0.509. The Kier molecular flexibility index (Phi) is 5.82. The van der Waals surface area contributed by atoms with Crippen molar-refractivity contribution in [2.75, 3.05) is 11.4 Å². The highest BCUT2D eigenvalue weighted by molar-refractivity contribution is 9.10. The first-order chi connectivity index (χ1) is 14.3. The molecule has 0 saturated carbocycles. The zero-order valence-electron chi connectivity index (χ0n) is 17.7. The summed E-state index contributed by atoms with van der Waals surface area (Å²) in [4.78, 5) is 20.2. The van der Waals surface area contributed by atoms with Crippen LogP contribution in [0.15, 0.2) is 56.8 Å².